The summed E-state index contributed by atoms with van der Waals surface area (Å²) in [6, 6.07) is 20.7. The van der Waals surface area contributed by atoms with Crippen molar-refractivity contribution in [2.75, 3.05) is 4.90 Å². The lowest BCUT2D eigenvalue weighted by Crippen LogP contribution is -2.29. The molecular formula is C28H20BrN3O3S2. The largest absolute Gasteiger partial charge is 0.450 e. The van der Waals surface area contributed by atoms with Gasteiger partial charge in [-0.25, -0.2) is 0 Å². The molecule has 184 valence electrons. The molecule has 1 aliphatic heterocycles. The number of hydrogen-bond donors (Lipinski definition) is 0. The highest BCUT2D eigenvalue weighted by atomic mass is 79.9. The van der Waals surface area contributed by atoms with Crippen LogP contribution in [0, 0.1) is 13.8 Å². The summed E-state index contributed by atoms with van der Waals surface area (Å²) >= 11 is 6.42. The van der Waals surface area contributed by atoms with Gasteiger partial charge < -0.3 is 4.42 Å². The van der Waals surface area contributed by atoms with Crippen molar-refractivity contribution in [2.24, 2.45) is 0 Å². The Morgan fingerprint density at radius 3 is 2.57 bits per heavy atom. The first kappa shape index (κ1) is 24.1. The van der Waals surface area contributed by atoms with Gasteiger partial charge in [0.05, 0.1) is 17.0 Å². The summed E-state index contributed by atoms with van der Waals surface area (Å²) in [7, 11) is 0. The summed E-state index contributed by atoms with van der Waals surface area (Å²) < 4.78 is 7.64. The molecule has 0 saturated carbocycles. The molecule has 1 atom stereocenters. The van der Waals surface area contributed by atoms with Crippen LogP contribution in [0.1, 0.15) is 44.4 Å². The van der Waals surface area contributed by atoms with Crippen LogP contribution in [-0.4, -0.2) is 16.1 Å². The zero-order chi connectivity index (χ0) is 25.7. The van der Waals surface area contributed by atoms with Crippen molar-refractivity contribution in [3.8, 4) is 0 Å². The first-order valence-corrected chi connectivity index (χ1v) is 14.2. The fraction of sp³-hybridized carbons (Fsp3) is 0.143. The minimum atomic E-state index is -0.677. The van der Waals surface area contributed by atoms with Gasteiger partial charge in [0.2, 0.25) is 10.9 Å². The van der Waals surface area contributed by atoms with Gasteiger partial charge >= 0.3 is 0 Å². The maximum atomic E-state index is 13.8. The van der Waals surface area contributed by atoms with Crippen LogP contribution in [0.2, 0.25) is 0 Å². The number of halogens is 1. The van der Waals surface area contributed by atoms with Crippen LogP contribution in [0.15, 0.2) is 84.8 Å². The van der Waals surface area contributed by atoms with E-state index in [4.69, 9.17) is 4.42 Å². The van der Waals surface area contributed by atoms with E-state index in [2.05, 4.69) is 57.3 Å². The number of aromatic nitrogens is 2. The van der Waals surface area contributed by atoms with Gasteiger partial charge in [-0.05, 0) is 49.2 Å². The van der Waals surface area contributed by atoms with Crippen molar-refractivity contribution in [1.82, 2.24) is 10.2 Å². The topological polar surface area (TPSA) is 76.3 Å². The molecule has 3 heterocycles. The van der Waals surface area contributed by atoms with Crippen LogP contribution in [0.4, 0.5) is 5.13 Å². The third-order valence-electron chi connectivity index (χ3n) is 6.27. The van der Waals surface area contributed by atoms with E-state index in [1.165, 1.54) is 27.4 Å². The van der Waals surface area contributed by atoms with Gasteiger partial charge in [-0.3, -0.25) is 14.5 Å². The van der Waals surface area contributed by atoms with E-state index in [0.717, 1.165) is 25.7 Å². The lowest BCUT2D eigenvalue weighted by Gasteiger charge is -2.22. The number of nitrogens with zero attached hydrogens (tertiary/aromatic N) is 3. The molecule has 0 spiro atoms. The summed E-state index contributed by atoms with van der Waals surface area (Å²) in [6.45, 7) is 3.98. The van der Waals surface area contributed by atoms with E-state index >= 15 is 0 Å². The number of fused-ring (bicyclic) bond motifs is 2. The molecule has 0 bridgehead atoms. The van der Waals surface area contributed by atoms with Crippen LogP contribution in [0.25, 0.3) is 11.0 Å². The Labute approximate surface area is 229 Å². The number of aryl methyl sites for hydroxylation is 2. The number of carbonyl (C=O) groups is 1. The predicted molar refractivity (Wildman–Crippen MR) is 151 cm³/mol. The standard InChI is InChI=1S/C28H20BrN3O3S2/c1-15-6-9-17(10-7-15)14-36-28-31-30-27(37-28)32-23(18-4-3-5-19(29)13-18)22-24(33)20-12-16(2)8-11-21(20)35-25(22)26(32)34/h3-13,23H,14H2,1-2H3/t23-/m1/s1. The van der Waals surface area contributed by atoms with E-state index in [0.29, 0.717) is 21.7 Å². The molecule has 6 nitrogen and oxygen atoms in total. The Morgan fingerprint density at radius 2 is 1.78 bits per heavy atom. The van der Waals surface area contributed by atoms with Crippen LogP contribution in [-0.2, 0) is 5.75 Å². The average Bonchev–Trinajstić information content (AvgIpc) is 3.47. The van der Waals surface area contributed by atoms with Gasteiger partial charge in [0.15, 0.2) is 9.77 Å². The van der Waals surface area contributed by atoms with Crippen molar-refractivity contribution in [3.63, 3.8) is 0 Å². The van der Waals surface area contributed by atoms with E-state index < -0.39 is 11.9 Å². The number of amides is 1. The molecule has 0 fully saturated rings. The molecule has 1 aliphatic rings. The number of anilines is 1. The highest BCUT2D eigenvalue weighted by Crippen LogP contribution is 2.43. The van der Waals surface area contributed by atoms with Crippen molar-refractivity contribution in [3.05, 3.63) is 115 Å². The van der Waals surface area contributed by atoms with Gasteiger partial charge in [0.1, 0.15) is 5.58 Å². The molecular weight excluding hydrogens is 570 g/mol. The number of benzene rings is 3. The molecule has 0 aliphatic carbocycles. The van der Waals surface area contributed by atoms with Crippen LogP contribution >= 0.6 is 39.0 Å². The predicted octanol–water partition coefficient (Wildman–Crippen LogP) is 7.07. The smallest absolute Gasteiger partial charge is 0.297 e. The second-order valence-electron chi connectivity index (χ2n) is 8.93. The van der Waals surface area contributed by atoms with E-state index in [9.17, 15) is 9.59 Å². The van der Waals surface area contributed by atoms with E-state index in [1.807, 2.05) is 37.3 Å². The molecule has 1 amide bonds. The normalized spacial score (nSPS) is 14.9. The number of thioether (sulfide) groups is 1. The minimum Gasteiger partial charge on any atom is -0.450 e. The number of hydrogen-bond acceptors (Lipinski definition) is 7. The summed E-state index contributed by atoms with van der Waals surface area (Å²) in [5, 5.41) is 9.59. The Hall–Kier alpha value is -3.27. The maximum Gasteiger partial charge on any atom is 0.297 e. The summed E-state index contributed by atoms with van der Waals surface area (Å²) in [4.78, 5) is 29.1. The highest BCUT2D eigenvalue weighted by molar-refractivity contribution is 9.10. The van der Waals surface area contributed by atoms with Crippen LogP contribution < -0.4 is 10.3 Å². The highest BCUT2D eigenvalue weighted by Gasteiger charge is 2.45. The van der Waals surface area contributed by atoms with Gasteiger partial charge in [0.25, 0.3) is 5.91 Å². The quantitative estimate of drug-likeness (QED) is 0.161. The Balaban J connectivity index is 1.43. The van der Waals surface area contributed by atoms with Crippen molar-refractivity contribution < 1.29 is 9.21 Å². The van der Waals surface area contributed by atoms with Gasteiger partial charge in [-0.1, -0.05) is 92.6 Å². The van der Waals surface area contributed by atoms with Gasteiger partial charge in [-0.15, -0.1) is 10.2 Å². The second kappa shape index (κ2) is 9.55. The Bertz CT molecular complexity index is 1730. The maximum absolute atomic E-state index is 13.8. The first-order valence-electron chi connectivity index (χ1n) is 11.6. The van der Waals surface area contributed by atoms with E-state index in [-0.39, 0.29) is 11.2 Å². The second-order valence-corrected chi connectivity index (χ2v) is 12.0. The number of carbonyl (C=O) groups excluding carboxylic acids is 1. The van der Waals surface area contributed by atoms with Crippen molar-refractivity contribution in [1.29, 1.82) is 0 Å². The molecule has 0 saturated heterocycles. The van der Waals surface area contributed by atoms with Crippen LogP contribution in [0.3, 0.4) is 0 Å². The lowest BCUT2D eigenvalue weighted by atomic mass is 9.98. The number of rotatable bonds is 5. The molecule has 6 rings (SSSR count). The molecule has 5 aromatic rings. The average molecular weight is 591 g/mol. The van der Waals surface area contributed by atoms with Crippen LogP contribution in [0.5, 0.6) is 0 Å². The fourth-order valence-electron chi connectivity index (χ4n) is 4.46. The SMILES string of the molecule is Cc1ccc(CSc2nnc(N3C(=O)c4oc5ccc(C)cc5c(=O)c4[C@H]3c3cccc(Br)c3)s2)cc1. The zero-order valence-corrected chi connectivity index (χ0v) is 23.1. The fourth-order valence-corrected chi connectivity index (χ4v) is 6.70. The third kappa shape index (κ3) is 4.41. The third-order valence-corrected chi connectivity index (χ3v) is 8.90. The Morgan fingerprint density at radius 1 is 1.00 bits per heavy atom. The molecule has 9 heteroatoms. The molecule has 37 heavy (non-hydrogen) atoms. The summed E-state index contributed by atoms with van der Waals surface area (Å²) in [5.74, 6) is 0.393. The Kier molecular flexibility index (Phi) is 6.22. The van der Waals surface area contributed by atoms with Gasteiger partial charge in [-0.2, -0.15) is 0 Å². The minimum absolute atomic E-state index is 0.0513. The molecule has 0 N–H and O–H groups in total. The van der Waals surface area contributed by atoms with Crippen molar-refractivity contribution in [2.45, 2.75) is 30.0 Å². The van der Waals surface area contributed by atoms with Crippen molar-refractivity contribution >= 4 is 61.0 Å². The zero-order valence-electron chi connectivity index (χ0n) is 19.9. The van der Waals surface area contributed by atoms with E-state index in [1.54, 1.807) is 23.9 Å². The lowest BCUT2D eigenvalue weighted by molar-refractivity contribution is 0.0970. The summed E-state index contributed by atoms with van der Waals surface area (Å²) in [5.41, 5.74) is 4.63. The summed E-state index contributed by atoms with van der Waals surface area (Å²) in [6.07, 6.45) is 0. The molecule has 2 aromatic heterocycles. The molecule has 0 unspecified atom stereocenters. The first-order chi connectivity index (χ1) is 17.9. The molecule has 0 radical (unpaired) electrons. The van der Waals surface area contributed by atoms with Gasteiger partial charge in [0, 0.05) is 10.2 Å². The monoisotopic (exact) mass is 589 g/mol. The molecule has 3 aromatic carbocycles.